The summed E-state index contributed by atoms with van der Waals surface area (Å²) in [6, 6.07) is 0. The number of nitrogens with zero attached hydrogens (tertiary/aromatic N) is 2. The van der Waals surface area contributed by atoms with Crippen LogP contribution in [0, 0.1) is 5.82 Å². The number of nitrogens with one attached hydrogen (secondary N) is 1. The maximum absolute atomic E-state index is 13.2. The van der Waals surface area contributed by atoms with Gasteiger partial charge in [0.05, 0.1) is 11.8 Å². The third-order valence-electron chi connectivity index (χ3n) is 2.62. The Morgan fingerprint density at radius 1 is 1.50 bits per heavy atom. The smallest absolute Gasteiger partial charge is 0.224 e. The van der Waals surface area contributed by atoms with Crippen LogP contribution in [0.4, 0.5) is 10.2 Å². The number of rotatable bonds is 5. The molecule has 0 fully saturated rings. The van der Waals surface area contributed by atoms with Gasteiger partial charge >= 0.3 is 0 Å². The van der Waals surface area contributed by atoms with E-state index in [1.54, 1.807) is 0 Å². The summed E-state index contributed by atoms with van der Waals surface area (Å²) in [5.74, 6) is -0.570. The lowest BCUT2D eigenvalue weighted by molar-refractivity contribution is 0.0455. The van der Waals surface area contributed by atoms with Gasteiger partial charge in [-0.15, -0.1) is 0 Å². The topological polar surface area (TPSA) is 58.0 Å². The predicted molar refractivity (Wildman–Crippen MR) is 61.0 cm³/mol. The summed E-state index contributed by atoms with van der Waals surface area (Å²) in [6.07, 6.45) is 2.16. The molecule has 0 aliphatic rings. The van der Waals surface area contributed by atoms with E-state index in [2.05, 4.69) is 15.3 Å². The van der Waals surface area contributed by atoms with Crippen LogP contribution in [0.15, 0.2) is 6.20 Å². The van der Waals surface area contributed by atoms with Gasteiger partial charge in [0.2, 0.25) is 5.28 Å². The molecule has 0 aliphatic heterocycles. The van der Waals surface area contributed by atoms with Crippen LogP contribution in [0.2, 0.25) is 5.28 Å². The second-order valence-corrected chi connectivity index (χ2v) is 3.96. The molecule has 0 bridgehead atoms. The van der Waals surface area contributed by atoms with Crippen LogP contribution in [0.3, 0.4) is 0 Å². The van der Waals surface area contributed by atoms with Crippen LogP contribution in [-0.4, -0.2) is 27.2 Å². The van der Waals surface area contributed by atoms with Crippen molar-refractivity contribution in [2.75, 3.05) is 11.9 Å². The summed E-state index contributed by atoms with van der Waals surface area (Å²) in [5.41, 5.74) is -0.857. The molecule has 0 aliphatic carbocycles. The first-order chi connectivity index (χ1) is 7.50. The number of aliphatic hydroxyl groups is 1. The summed E-state index contributed by atoms with van der Waals surface area (Å²) in [4.78, 5) is 7.20. The Balaban J connectivity index is 2.70. The van der Waals surface area contributed by atoms with E-state index >= 15 is 0 Å². The van der Waals surface area contributed by atoms with Gasteiger partial charge in [-0.1, -0.05) is 13.8 Å². The fourth-order valence-electron chi connectivity index (χ4n) is 1.22. The lowest BCUT2D eigenvalue weighted by Crippen LogP contribution is -2.35. The molecule has 0 aromatic carbocycles. The summed E-state index contributed by atoms with van der Waals surface area (Å²) < 4.78 is 13.2. The van der Waals surface area contributed by atoms with Gasteiger partial charge in [-0.25, -0.2) is 9.37 Å². The molecule has 1 aromatic rings. The number of hydrogen-bond donors (Lipinski definition) is 2. The van der Waals surface area contributed by atoms with Crippen molar-refractivity contribution >= 4 is 17.4 Å². The summed E-state index contributed by atoms with van der Waals surface area (Å²) in [7, 11) is 0. The van der Waals surface area contributed by atoms with Crippen molar-refractivity contribution in [1.29, 1.82) is 0 Å². The number of aromatic nitrogens is 2. The molecule has 1 rings (SSSR count). The lowest BCUT2D eigenvalue weighted by atomic mass is 9.98. The fraction of sp³-hybridized carbons (Fsp3) is 0.600. The minimum Gasteiger partial charge on any atom is -0.388 e. The number of anilines is 1. The monoisotopic (exact) mass is 247 g/mol. The van der Waals surface area contributed by atoms with Crippen LogP contribution in [0.1, 0.15) is 26.7 Å². The molecule has 0 unspecified atom stereocenters. The van der Waals surface area contributed by atoms with Crippen molar-refractivity contribution in [2.45, 2.75) is 32.3 Å². The van der Waals surface area contributed by atoms with E-state index in [0.717, 1.165) is 6.20 Å². The molecule has 1 aromatic heterocycles. The highest BCUT2D eigenvalue weighted by Crippen LogP contribution is 2.17. The Labute approximate surface area is 98.9 Å². The standard InChI is InChI=1S/C10H15ClFN3O/c1-3-10(16,4-2)6-14-8-7(12)5-13-9(11)15-8/h5,16H,3-4,6H2,1-2H3,(H,13,14,15). The lowest BCUT2D eigenvalue weighted by Gasteiger charge is -2.25. The zero-order chi connectivity index (χ0) is 12.2. The normalized spacial score (nSPS) is 11.6. The highest BCUT2D eigenvalue weighted by atomic mass is 35.5. The van der Waals surface area contributed by atoms with Gasteiger partial charge in [-0.3, -0.25) is 0 Å². The van der Waals surface area contributed by atoms with E-state index in [9.17, 15) is 9.50 Å². The van der Waals surface area contributed by atoms with Gasteiger partial charge in [0.25, 0.3) is 0 Å². The largest absolute Gasteiger partial charge is 0.388 e. The molecule has 0 radical (unpaired) electrons. The predicted octanol–water partition coefficient (Wildman–Crippen LogP) is 2.23. The minimum atomic E-state index is -0.857. The van der Waals surface area contributed by atoms with Crippen LogP contribution >= 0.6 is 11.6 Å². The average molecular weight is 248 g/mol. The van der Waals surface area contributed by atoms with E-state index in [4.69, 9.17) is 11.6 Å². The molecular formula is C10H15ClFN3O. The zero-order valence-electron chi connectivity index (χ0n) is 9.30. The van der Waals surface area contributed by atoms with Crippen molar-refractivity contribution in [1.82, 2.24) is 9.97 Å². The van der Waals surface area contributed by atoms with Crippen molar-refractivity contribution in [2.24, 2.45) is 0 Å². The first-order valence-electron chi connectivity index (χ1n) is 5.15. The number of hydrogen-bond acceptors (Lipinski definition) is 4. The van der Waals surface area contributed by atoms with Gasteiger partial charge in [0, 0.05) is 6.54 Å². The van der Waals surface area contributed by atoms with E-state index < -0.39 is 11.4 Å². The third-order valence-corrected chi connectivity index (χ3v) is 2.80. The summed E-state index contributed by atoms with van der Waals surface area (Å²) in [5, 5.41) is 12.7. The highest BCUT2D eigenvalue weighted by molar-refractivity contribution is 6.28. The van der Waals surface area contributed by atoms with Crippen LogP contribution in [0.5, 0.6) is 0 Å². The molecule has 1 heterocycles. The zero-order valence-corrected chi connectivity index (χ0v) is 10.1. The second kappa shape index (κ2) is 5.41. The summed E-state index contributed by atoms with van der Waals surface area (Å²) in [6.45, 7) is 3.97. The molecule has 0 saturated carbocycles. The molecule has 4 nitrogen and oxygen atoms in total. The molecule has 6 heteroatoms. The molecule has 2 N–H and O–H groups in total. The van der Waals surface area contributed by atoms with Crippen molar-refractivity contribution in [3.8, 4) is 0 Å². The van der Waals surface area contributed by atoms with Crippen LogP contribution in [0.25, 0.3) is 0 Å². The quantitative estimate of drug-likeness (QED) is 0.784. The third kappa shape index (κ3) is 3.28. The Morgan fingerprint density at radius 2 is 2.12 bits per heavy atom. The van der Waals surface area contributed by atoms with Gasteiger partial charge in [0.15, 0.2) is 11.6 Å². The van der Waals surface area contributed by atoms with Gasteiger partial charge < -0.3 is 10.4 Å². The molecule has 0 spiro atoms. The van der Waals surface area contributed by atoms with Crippen molar-refractivity contribution in [3.05, 3.63) is 17.3 Å². The maximum Gasteiger partial charge on any atom is 0.224 e. The molecule has 16 heavy (non-hydrogen) atoms. The Kier molecular flexibility index (Phi) is 4.44. The van der Waals surface area contributed by atoms with Crippen LogP contribution < -0.4 is 5.32 Å². The van der Waals surface area contributed by atoms with E-state index in [-0.39, 0.29) is 17.6 Å². The molecule has 0 atom stereocenters. The molecular weight excluding hydrogens is 233 g/mol. The van der Waals surface area contributed by atoms with Crippen molar-refractivity contribution in [3.63, 3.8) is 0 Å². The van der Waals surface area contributed by atoms with Gasteiger partial charge in [-0.2, -0.15) is 4.98 Å². The average Bonchev–Trinajstić information content (AvgIpc) is 2.30. The fourth-order valence-corrected chi connectivity index (χ4v) is 1.35. The van der Waals surface area contributed by atoms with Gasteiger partial charge in [-0.05, 0) is 24.4 Å². The van der Waals surface area contributed by atoms with Crippen LogP contribution in [-0.2, 0) is 0 Å². The molecule has 0 amide bonds. The minimum absolute atomic E-state index is 0.0142. The van der Waals surface area contributed by atoms with E-state index in [0.29, 0.717) is 12.8 Å². The van der Waals surface area contributed by atoms with Gasteiger partial charge in [0.1, 0.15) is 0 Å². The first kappa shape index (κ1) is 13.1. The Morgan fingerprint density at radius 3 is 2.69 bits per heavy atom. The maximum atomic E-state index is 13.2. The molecule has 90 valence electrons. The number of halogens is 2. The van der Waals surface area contributed by atoms with E-state index in [1.807, 2.05) is 13.8 Å². The Hall–Kier alpha value is -0.940. The Bertz CT molecular complexity index is 358. The first-order valence-corrected chi connectivity index (χ1v) is 5.53. The SMILES string of the molecule is CCC(O)(CC)CNc1nc(Cl)ncc1F. The van der Waals surface area contributed by atoms with E-state index in [1.165, 1.54) is 0 Å². The summed E-state index contributed by atoms with van der Waals surface area (Å²) >= 11 is 5.54. The second-order valence-electron chi connectivity index (χ2n) is 3.62. The molecule has 0 saturated heterocycles. The highest BCUT2D eigenvalue weighted by Gasteiger charge is 2.22. The van der Waals surface area contributed by atoms with Crippen molar-refractivity contribution < 1.29 is 9.50 Å².